The summed E-state index contributed by atoms with van der Waals surface area (Å²) in [6.45, 7) is 2.45. The Bertz CT molecular complexity index is 872. The number of thiazole rings is 1. The average Bonchev–Trinajstić information content (AvgIpc) is 3.08. The molecule has 1 aliphatic rings. The van der Waals surface area contributed by atoms with E-state index in [4.69, 9.17) is 9.84 Å². The predicted octanol–water partition coefficient (Wildman–Crippen LogP) is 1.93. The van der Waals surface area contributed by atoms with Crippen molar-refractivity contribution in [2.45, 2.75) is 11.5 Å². The molecule has 0 unspecified atom stereocenters. The molecule has 1 aromatic carbocycles. The summed E-state index contributed by atoms with van der Waals surface area (Å²) < 4.78 is 28.5. The standard InChI is InChI=1S/C16H19N3O5S2/c1-26(22,23)14-4-2-13(3-5-14)24-10-12-11-25-15(17-12)18-6-8-19(9-7-18)16(20)21/h2-5,11H,6-10H2,1H3,(H,20,21). The van der Waals surface area contributed by atoms with Crippen molar-refractivity contribution in [2.24, 2.45) is 0 Å². The van der Waals surface area contributed by atoms with Crippen LogP contribution < -0.4 is 9.64 Å². The Labute approximate surface area is 155 Å². The maximum absolute atomic E-state index is 11.4. The second kappa shape index (κ2) is 7.50. The van der Waals surface area contributed by atoms with Gasteiger partial charge in [0.2, 0.25) is 0 Å². The van der Waals surface area contributed by atoms with Gasteiger partial charge in [0.05, 0.1) is 10.6 Å². The number of ether oxygens (including phenoxy) is 1. The molecule has 1 saturated heterocycles. The van der Waals surface area contributed by atoms with Gasteiger partial charge in [0, 0.05) is 37.8 Å². The highest BCUT2D eigenvalue weighted by molar-refractivity contribution is 7.90. The van der Waals surface area contributed by atoms with E-state index in [2.05, 4.69) is 9.88 Å². The average molecular weight is 397 g/mol. The molecule has 140 valence electrons. The summed E-state index contributed by atoms with van der Waals surface area (Å²) >= 11 is 1.50. The number of benzene rings is 1. The molecule has 3 rings (SSSR count). The molecule has 1 amide bonds. The Hall–Kier alpha value is -2.33. The first-order valence-electron chi connectivity index (χ1n) is 7.93. The summed E-state index contributed by atoms with van der Waals surface area (Å²) in [4.78, 5) is 19.2. The third kappa shape index (κ3) is 4.44. The zero-order valence-corrected chi connectivity index (χ0v) is 15.8. The number of hydrogen-bond donors (Lipinski definition) is 1. The smallest absolute Gasteiger partial charge is 0.407 e. The maximum Gasteiger partial charge on any atom is 0.407 e. The van der Waals surface area contributed by atoms with E-state index < -0.39 is 15.9 Å². The Kier molecular flexibility index (Phi) is 5.33. The quantitative estimate of drug-likeness (QED) is 0.823. The summed E-state index contributed by atoms with van der Waals surface area (Å²) in [7, 11) is -3.22. The molecule has 0 radical (unpaired) electrons. The van der Waals surface area contributed by atoms with Crippen LogP contribution in [0, 0.1) is 0 Å². The van der Waals surface area contributed by atoms with Gasteiger partial charge in [-0.25, -0.2) is 18.2 Å². The van der Waals surface area contributed by atoms with E-state index in [1.54, 1.807) is 12.1 Å². The van der Waals surface area contributed by atoms with Gasteiger partial charge in [0.25, 0.3) is 0 Å². The molecule has 2 heterocycles. The van der Waals surface area contributed by atoms with Gasteiger partial charge >= 0.3 is 6.09 Å². The van der Waals surface area contributed by atoms with Gasteiger partial charge in [-0.3, -0.25) is 0 Å². The van der Waals surface area contributed by atoms with Crippen LogP contribution >= 0.6 is 11.3 Å². The molecular formula is C16H19N3O5S2. The molecule has 8 nitrogen and oxygen atoms in total. The summed E-state index contributed by atoms with van der Waals surface area (Å²) in [5.41, 5.74) is 0.776. The molecule has 1 N–H and O–H groups in total. The number of carboxylic acid groups (broad SMARTS) is 1. The Morgan fingerprint density at radius 2 is 1.88 bits per heavy atom. The van der Waals surface area contributed by atoms with Crippen LogP contribution in [-0.4, -0.2) is 61.9 Å². The van der Waals surface area contributed by atoms with E-state index in [1.807, 2.05) is 5.38 Å². The van der Waals surface area contributed by atoms with E-state index in [0.29, 0.717) is 31.9 Å². The largest absolute Gasteiger partial charge is 0.487 e. The van der Waals surface area contributed by atoms with E-state index in [9.17, 15) is 13.2 Å². The van der Waals surface area contributed by atoms with Crippen molar-refractivity contribution in [1.82, 2.24) is 9.88 Å². The van der Waals surface area contributed by atoms with Crippen molar-refractivity contribution in [3.05, 3.63) is 35.3 Å². The molecule has 26 heavy (non-hydrogen) atoms. The first-order valence-corrected chi connectivity index (χ1v) is 10.7. The SMILES string of the molecule is CS(=O)(=O)c1ccc(OCc2csc(N3CCN(C(=O)O)CC3)n2)cc1. The number of aromatic nitrogens is 1. The van der Waals surface area contributed by atoms with E-state index in [0.717, 1.165) is 17.1 Å². The minimum atomic E-state index is -3.22. The van der Waals surface area contributed by atoms with Crippen molar-refractivity contribution >= 4 is 32.4 Å². The van der Waals surface area contributed by atoms with E-state index in [1.165, 1.54) is 28.4 Å². The fourth-order valence-electron chi connectivity index (χ4n) is 2.54. The number of amides is 1. The molecule has 1 fully saturated rings. The zero-order chi connectivity index (χ0) is 18.7. The fourth-order valence-corrected chi connectivity index (χ4v) is 4.03. The molecule has 1 aliphatic heterocycles. The van der Waals surface area contributed by atoms with Crippen LogP contribution in [0.3, 0.4) is 0 Å². The minimum absolute atomic E-state index is 0.251. The summed E-state index contributed by atoms with van der Waals surface area (Å²) in [5.74, 6) is 0.571. The second-order valence-electron chi connectivity index (χ2n) is 5.91. The molecular weight excluding hydrogens is 378 g/mol. The molecule has 2 aromatic rings. The molecule has 1 aromatic heterocycles. The van der Waals surface area contributed by atoms with E-state index in [-0.39, 0.29) is 11.5 Å². The van der Waals surface area contributed by atoms with Gasteiger partial charge in [-0.2, -0.15) is 0 Å². The molecule has 0 bridgehead atoms. The predicted molar refractivity (Wildman–Crippen MR) is 97.8 cm³/mol. The van der Waals surface area contributed by atoms with Crippen molar-refractivity contribution in [3.63, 3.8) is 0 Å². The topological polar surface area (TPSA) is 100 Å². The molecule has 0 saturated carbocycles. The van der Waals surface area contributed by atoms with Crippen LogP contribution in [0.25, 0.3) is 0 Å². The highest BCUT2D eigenvalue weighted by Gasteiger charge is 2.22. The van der Waals surface area contributed by atoms with Crippen LogP contribution in [0.1, 0.15) is 5.69 Å². The van der Waals surface area contributed by atoms with E-state index >= 15 is 0 Å². The Morgan fingerprint density at radius 3 is 2.46 bits per heavy atom. The number of rotatable bonds is 5. The summed E-state index contributed by atoms with van der Waals surface area (Å²) in [6, 6.07) is 6.27. The Morgan fingerprint density at radius 1 is 1.23 bits per heavy atom. The maximum atomic E-state index is 11.4. The fraction of sp³-hybridized carbons (Fsp3) is 0.375. The van der Waals surface area contributed by atoms with Gasteiger partial charge in [-0.05, 0) is 24.3 Å². The lowest BCUT2D eigenvalue weighted by atomic mass is 10.3. The zero-order valence-electron chi connectivity index (χ0n) is 14.2. The third-order valence-corrected chi connectivity index (χ3v) is 6.08. The molecule has 0 atom stereocenters. The normalized spacial score (nSPS) is 15.1. The van der Waals surface area contributed by atoms with Crippen molar-refractivity contribution in [3.8, 4) is 5.75 Å². The van der Waals surface area contributed by atoms with Gasteiger partial charge in [0.1, 0.15) is 12.4 Å². The number of nitrogens with zero attached hydrogens (tertiary/aromatic N) is 3. The lowest BCUT2D eigenvalue weighted by molar-refractivity contribution is 0.142. The lowest BCUT2D eigenvalue weighted by Crippen LogP contribution is -2.48. The van der Waals surface area contributed by atoms with Gasteiger partial charge in [-0.1, -0.05) is 0 Å². The number of hydrogen-bond acceptors (Lipinski definition) is 7. The van der Waals surface area contributed by atoms with Gasteiger partial charge < -0.3 is 19.6 Å². The number of carbonyl (C=O) groups is 1. The monoisotopic (exact) mass is 397 g/mol. The molecule has 10 heteroatoms. The first kappa shape index (κ1) is 18.5. The van der Waals surface area contributed by atoms with Crippen molar-refractivity contribution < 1.29 is 23.1 Å². The van der Waals surface area contributed by atoms with Crippen LogP contribution in [0.2, 0.25) is 0 Å². The van der Waals surface area contributed by atoms with Crippen LogP contribution in [-0.2, 0) is 16.4 Å². The van der Waals surface area contributed by atoms with Crippen LogP contribution in [0.5, 0.6) is 5.75 Å². The van der Waals surface area contributed by atoms with Crippen molar-refractivity contribution in [1.29, 1.82) is 0 Å². The third-order valence-electron chi connectivity index (χ3n) is 4.00. The highest BCUT2D eigenvalue weighted by Crippen LogP contribution is 2.23. The minimum Gasteiger partial charge on any atom is -0.487 e. The molecule has 0 spiro atoms. The van der Waals surface area contributed by atoms with Crippen LogP contribution in [0.4, 0.5) is 9.93 Å². The number of sulfone groups is 1. The molecule has 0 aliphatic carbocycles. The van der Waals surface area contributed by atoms with Crippen molar-refractivity contribution in [2.75, 3.05) is 37.3 Å². The highest BCUT2D eigenvalue weighted by atomic mass is 32.2. The number of piperazine rings is 1. The lowest BCUT2D eigenvalue weighted by Gasteiger charge is -2.32. The number of anilines is 1. The summed E-state index contributed by atoms with van der Waals surface area (Å²) in [6.07, 6.45) is 0.274. The van der Waals surface area contributed by atoms with Crippen LogP contribution in [0.15, 0.2) is 34.5 Å². The second-order valence-corrected chi connectivity index (χ2v) is 8.76. The van der Waals surface area contributed by atoms with Gasteiger partial charge in [-0.15, -0.1) is 11.3 Å². The summed E-state index contributed by atoms with van der Waals surface area (Å²) in [5, 5.41) is 11.7. The van der Waals surface area contributed by atoms with Gasteiger partial charge in [0.15, 0.2) is 15.0 Å². The Balaban J connectivity index is 1.55. The first-order chi connectivity index (χ1) is 12.3.